The van der Waals surface area contributed by atoms with Gasteiger partial charge in [-0.1, -0.05) is 152 Å². The van der Waals surface area contributed by atoms with Crippen LogP contribution in [0.4, 0.5) is 11.4 Å². The first-order valence-electron chi connectivity index (χ1n) is 20.9. The lowest BCUT2D eigenvalue weighted by molar-refractivity contribution is 1.07. The lowest BCUT2D eigenvalue weighted by atomic mass is 9.95. The molecule has 0 saturated heterocycles. The molecular weight excluding hydrogens is 741 g/mol. The van der Waals surface area contributed by atoms with Crippen molar-refractivity contribution in [3.63, 3.8) is 0 Å². The van der Waals surface area contributed by atoms with Gasteiger partial charge in [0, 0.05) is 52.2 Å². The fourth-order valence-electron chi connectivity index (χ4n) is 8.68. The summed E-state index contributed by atoms with van der Waals surface area (Å²) in [6.45, 7) is 0.811. The van der Waals surface area contributed by atoms with Gasteiger partial charge in [0.1, 0.15) is 0 Å². The largest absolute Gasteiger partial charge is 0.337 e. The number of fused-ring (bicyclic) bond motifs is 4. The second-order valence-electron chi connectivity index (χ2n) is 15.6. The third-order valence-corrected chi connectivity index (χ3v) is 11.8. The van der Waals surface area contributed by atoms with E-state index in [4.69, 9.17) is 10.8 Å². The van der Waals surface area contributed by atoms with Crippen molar-refractivity contribution in [2.24, 2.45) is 0 Å². The Hall–Kier alpha value is -7.82. The Morgan fingerprint density at radius 1 is 0.426 bits per heavy atom. The van der Waals surface area contributed by atoms with Crippen LogP contribution in [-0.4, -0.2) is 22.5 Å². The number of nitrogens with zero attached hydrogens (tertiary/aromatic N) is 2. The molecule has 2 heterocycles. The highest BCUT2D eigenvalue weighted by molar-refractivity contribution is 6.16. The van der Waals surface area contributed by atoms with Crippen molar-refractivity contribution in [3.05, 3.63) is 235 Å². The van der Waals surface area contributed by atoms with Crippen LogP contribution in [0.2, 0.25) is 0 Å². The minimum Gasteiger partial charge on any atom is -0.337 e. The van der Waals surface area contributed by atoms with Crippen molar-refractivity contribution >= 4 is 44.6 Å². The summed E-state index contributed by atoms with van der Waals surface area (Å²) in [6, 6.07) is 68.5. The molecule has 2 N–H and O–H groups in total. The van der Waals surface area contributed by atoms with E-state index < -0.39 is 0 Å². The van der Waals surface area contributed by atoms with Crippen LogP contribution in [0.15, 0.2) is 218 Å². The molecule has 0 fully saturated rings. The minimum atomic E-state index is 0.284. The second-order valence-corrected chi connectivity index (χ2v) is 15.6. The van der Waals surface area contributed by atoms with Crippen molar-refractivity contribution < 1.29 is 0 Å². The predicted octanol–water partition coefficient (Wildman–Crippen LogP) is 14.4. The van der Waals surface area contributed by atoms with Crippen LogP contribution in [0.3, 0.4) is 0 Å². The monoisotopic (exact) mass is 784 g/mol. The molecule has 8 aromatic carbocycles. The summed E-state index contributed by atoms with van der Waals surface area (Å²) in [5.74, 6) is 0. The van der Waals surface area contributed by atoms with Gasteiger partial charge < -0.3 is 20.3 Å². The summed E-state index contributed by atoms with van der Waals surface area (Å²) in [5.41, 5.74) is 16.6. The molecule has 0 spiro atoms. The molecule has 0 saturated carbocycles. The summed E-state index contributed by atoms with van der Waals surface area (Å²) < 4.78 is 2.38. The van der Waals surface area contributed by atoms with Gasteiger partial charge in [0.15, 0.2) is 0 Å². The van der Waals surface area contributed by atoms with E-state index in [2.05, 4.69) is 185 Å². The van der Waals surface area contributed by atoms with Gasteiger partial charge in [-0.2, -0.15) is 0 Å². The van der Waals surface area contributed by atoms with E-state index in [-0.39, 0.29) is 6.42 Å². The van der Waals surface area contributed by atoms with Crippen LogP contribution in [-0.2, 0) is 6.42 Å². The highest BCUT2D eigenvalue weighted by atomic mass is 15.1. The molecule has 0 aliphatic carbocycles. The average molecular weight is 785 g/mol. The number of rotatable bonds is 9. The number of hydrogen-bond acceptors (Lipinski definition) is 3. The van der Waals surface area contributed by atoms with Crippen molar-refractivity contribution in [1.82, 2.24) is 4.57 Å². The number of nitrogens with one attached hydrogen (secondary N) is 2. The third kappa shape index (κ3) is 7.52. The maximum atomic E-state index is 8.81. The molecule has 292 valence electrons. The highest BCUT2D eigenvalue weighted by Crippen LogP contribution is 2.38. The van der Waals surface area contributed by atoms with E-state index in [1.165, 1.54) is 49.9 Å². The molecule has 9 aromatic rings. The lowest BCUT2D eigenvalue weighted by Crippen LogP contribution is -2.18. The zero-order valence-corrected chi connectivity index (χ0v) is 33.8. The number of para-hydroxylation sites is 2. The summed E-state index contributed by atoms with van der Waals surface area (Å²) in [4.78, 5) is 2.40. The standard InChI is InChI=1S/C57H44N4/c58-53(41-15-6-3-7-16-41)39-54(59)47-21-14-20-44(36-47)43-19-13-18-42(35-43)40-26-30-50(31-27-40)61-56-25-11-10-24-51(56)52-38-46(29-33-57(52)61)45-28-32-55-48(37-45)17-5-1-2-12-34-60(55)49-22-8-4-9-23-49/h1-16,18-33,35-38,58-59H,17,34,39H2. The lowest BCUT2D eigenvalue weighted by Gasteiger charge is -2.26. The molecule has 0 amide bonds. The topological polar surface area (TPSA) is 55.9 Å². The Kier molecular flexibility index (Phi) is 10.1. The average Bonchev–Trinajstić information content (AvgIpc) is 3.70. The second kappa shape index (κ2) is 16.4. The number of anilines is 2. The smallest absolute Gasteiger partial charge is 0.0541 e. The van der Waals surface area contributed by atoms with E-state index in [9.17, 15) is 0 Å². The van der Waals surface area contributed by atoms with Crippen LogP contribution >= 0.6 is 0 Å². The zero-order chi connectivity index (χ0) is 41.1. The number of aromatic nitrogens is 1. The van der Waals surface area contributed by atoms with E-state index in [1.54, 1.807) is 0 Å². The summed E-state index contributed by atoms with van der Waals surface area (Å²) in [7, 11) is 0. The van der Waals surface area contributed by atoms with E-state index >= 15 is 0 Å². The molecule has 0 radical (unpaired) electrons. The Balaban J connectivity index is 0.941. The number of benzene rings is 8. The first-order valence-corrected chi connectivity index (χ1v) is 20.9. The van der Waals surface area contributed by atoms with Crippen LogP contribution in [0.25, 0.3) is 60.9 Å². The van der Waals surface area contributed by atoms with Gasteiger partial charge in [0.05, 0.1) is 11.0 Å². The fraction of sp³-hybridized carbons (Fsp3) is 0.0526. The molecule has 0 unspecified atom stereocenters. The number of hydrogen-bond donors (Lipinski definition) is 2. The van der Waals surface area contributed by atoms with Gasteiger partial charge in [-0.25, -0.2) is 0 Å². The summed E-state index contributed by atoms with van der Waals surface area (Å²) in [5, 5.41) is 19.8. The molecule has 4 heteroatoms. The molecule has 10 rings (SSSR count). The van der Waals surface area contributed by atoms with Crippen molar-refractivity contribution in [3.8, 4) is 39.1 Å². The minimum absolute atomic E-state index is 0.284. The molecular formula is C57H44N4. The predicted molar refractivity (Wildman–Crippen MR) is 257 cm³/mol. The van der Waals surface area contributed by atoms with Crippen molar-refractivity contribution in [1.29, 1.82) is 10.8 Å². The molecule has 1 aliphatic rings. The first-order chi connectivity index (χ1) is 30.1. The molecule has 61 heavy (non-hydrogen) atoms. The van der Waals surface area contributed by atoms with Gasteiger partial charge in [0.25, 0.3) is 0 Å². The van der Waals surface area contributed by atoms with Crippen LogP contribution < -0.4 is 4.90 Å². The maximum absolute atomic E-state index is 8.81. The van der Waals surface area contributed by atoms with Crippen molar-refractivity contribution in [2.45, 2.75) is 12.8 Å². The Morgan fingerprint density at radius 3 is 1.84 bits per heavy atom. The number of allylic oxidation sites excluding steroid dienone is 3. The van der Waals surface area contributed by atoms with Crippen molar-refractivity contribution in [2.75, 3.05) is 11.4 Å². The van der Waals surface area contributed by atoms with Crippen LogP contribution in [0, 0.1) is 10.8 Å². The van der Waals surface area contributed by atoms with Crippen LogP contribution in [0.5, 0.6) is 0 Å². The first kappa shape index (κ1) is 37.5. The molecule has 0 bridgehead atoms. The van der Waals surface area contributed by atoms with Gasteiger partial charge in [-0.3, -0.25) is 0 Å². The Morgan fingerprint density at radius 2 is 1.02 bits per heavy atom. The van der Waals surface area contributed by atoms with Gasteiger partial charge >= 0.3 is 0 Å². The highest BCUT2D eigenvalue weighted by Gasteiger charge is 2.17. The van der Waals surface area contributed by atoms with E-state index in [0.717, 1.165) is 52.0 Å². The quantitative estimate of drug-likeness (QED) is 0.141. The van der Waals surface area contributed by atoms with E-state index in [1.807, 2.05) is 42.5 Å². The van der Waals surface area contributed by atoms with E-state index in [0.29, 0.717) is 11.4 Å². The molecule has 1 aromatic heterocycles. The molecule has 0 atom stereocenters. The maximum Gasteiger partial charge on any atom is 0.0541 e. The SMILES string of the molecule is N=C(CC(=N)c1cccc(-c2cccc(-c3ccc(-n4c5ccccc5c5cc(-c6ccc7c(c6)CC=CC=CCN7c6ccccc6)ccc54)cc3)c2)c1)c1ccccc1. The third-order valence-electron chi connectivity index (χ3n) is 11.8. The zero-order valence-electron chi connectivity index (χ0n) is 33.8. The summed E-state index contributed by atoms with van der Waals surface area (Å²) >= 11 is 0. The Bertz CT molecular complexity index is 3130. The summed E-state index contributed by atoms with van der Waals surface area (Å²) in [6.07, 6.45) is 9.93. The molecule has 4 nitrogen and oxygen atoms in total. The van der Waals surface area contributed by atoms with Gasteiger partial charge in [0.2, 0.25) is 0 Å². The van der Waals surface area contributed by atoms with Gasteiger partial charge in [-0.15, -0.1) is 0 Å². The fourth-order valence-corrected chi connectivity index (χ4v) is 8.68. The Labute approximate surface area is 357 Å². The van der Waals surface area contributed by atoms with Gasteiger partial charge in [-0.05, 0) is 123 Å². The van der Waals surface area contributed by atoms with Crippen LogP contribution in [0.1, 0.15) is 23.1 Å². The normalized spacial score (nSPS) is 12.5. The molecule has 1 aliphatic heterocycles.